The summed E-state index contributed by atoms with van der Waals surface area (Å²) in [6.45, 7) is 10.1. The van der Waals surface area contributed by atoms with Crippen LogP contribution in [0.5, 0.6) is 0 Å². The Morgan fingerprint density at radius 1 is 1.12 bits per heavy atom. The van der Waals surface area contributed by atoms with Gasteiger partial charge in [-0.1, -0.05) is 32.9 Å². The first-order chi connectivity index (χ1) is 6.98. The van der Waals surface area contributed by atoms with E-state index >= 15 is 0 Å². The second-order valence-corrected chi connectivity index (χ2v) is 7.35. The number of nitrogens with one attached hydrogen (secondary N) is 1. The molecule has 6 heteroatoms. The van der Waals surface area contributed by atoms with E-state index in [4.69, 9.17) is 0 Å². The first kappa shape index (κ1) is 13.8. The molecule has 0 aromatic carbocycles. The summed E-state index contributed by atoms with van der Waals surface area (Å²) in [5.74, 6) is 0. The average Bonchev–Trinajstić information content (AvgIpc) is 2.47. The van der Waals surface area contributed by atoms with Crippen LogP contribution >= 0.6 is 0 Å². The van der Waals surface area contributed by atoms with Crippen molar-refractivity contribution in [3.05, 3.63) is 11.8 Å². The summed E-state index contributed by atoms with van der Waals surface area (Å²) in [5, 5.41) is 2.70. The molecule has 1 N–H and O–H groups in total. The van der Waals surface area contributed by atoms with Crippen LogP contribution in [0.3, 0.4) is 0 Å². The van der Waals surface area contributed by atoms with Crippen molar-refractivity contribution in [2.75, 3.05) is 6.54 Å². The summed E-state index contributed by atoms with van der Waals surface area (Å²) in [4.78, 5) is 0. The third-order valence-electron chi connectivity index (χ3n) is 3.95. The molecule has 1 aliphatic heterocycles. The Kier molecular flexibility index (Phi) is 3.37. The lowest BCUT2D eigenvalue weighted by molar-refractivity contribution is 0.172. The molecule has 0 amide bonds. The predicted octanol–water partition coefficient (Wildman–Crippen LogP) is -1.94. The van der Waals surface area contributed by atoms with E-state index < -0.39 is 0 Å². The number of allylic oxidation sites excluding steroid dienone is 1. The van der Waals surface area contributed by atoms with Gasteiger partial charge in [0.2, 0.25) is 0 Å². The van der Waals surface area contributed by atoms with Crippen molar-refractivity contribution in [2.24, 2.45) is 5.41 Å². The molecule has 0 saturated heterocycles. The number of rotatable bonds is 2. The Hall–Kier alpha value is -0.240. The quantitative estimate of drug-likeness (QED) is 0.540. The minimum absolute atomic E-state index is 0.0998. The maximum absolute atomic E-state index is 3.50. The highest BCUT2D eigenvalue weighted by atomic mass is 15.6. The van der Waals surface area contributed by atoms with E-state index in [9.17, 15) is 0 Å². The Morgan fingerprint density at radius 3 is 2.00 bits per heavy atom. The zero-order valence-corrected chi connectivity index (χ0v) is 12.2. The van der Waals surface area contributed by atoms with Crippen molar-refractivity contribution in [2.45, 2.75) is 38.2 Å². The lowest BCUT2D eigenvalue weighted by atomic mass is 9.34. The van der Waals surface area contributed by atoms with Crippen molar-refractivity contribution in [3.63, 3.8) is 0 Å². The number of hydrogen-bond acceptors (Lipinski definition) is 2. The molecule has 0 aliphatic carbocycles. The van der Waals surface area contributed by atoms with E-state index in [1.807, 2.05) is 0 Å². The Bertz CT molecular complexity index is 299. The molecule has 86 valence electrons. The molecule has 16 heavy (non-hydrogen) atoms. The highest BCUT2D eigenvalue weighted by Crippen LogP contribution is 2.39. The van der Waals surface area contributed by atoms with Crippen LogP contribution in [0.4, 0.5) is 0 Å². The second kappa shape index (κ2) is 3.90. The summed E-state index contributed by atoms with van der Waals surface area (Å²) in [5.41, 5.74) is 5.11. The van der Waals surface area contributed by atoms with Gasteiger partial charge in [0.25, 0.3) is 0 Å². The minimum atomic E-state index is 0.0998. The molecule has 0 unspecified atom stereocenters. The van der Waals surface area contributed by atoms with Crippen LogP contribution in [-0.4, -0.2) is 48.3 Å². The van der Waals surface area contributed by atoms with Crippen LogP contribution in [0, 0.1) is 5.41 Å². The minimum Gasteiger partial charge on any atom is -0.323 e. The van der Waals surface area contributed by atoms with Crippen LogP contribution in [0.15, 0.2) is 11.8 Å². The summed E-state index contributed by atoms with van der Waals surface area (Å²) >= 11 is 0. The highest BCUT2D eigenvalue weighted by molar-refractivity contribution is 6.54. The molecule has 0 saturated carbocycles. The van der Waals surface area contributed by atoms with Gasteiger partial charge in [0, 0.05) is 17.7 Å². The lowest BCUT2D eigenvalue weighted by Gasteiger charge is -2.51. The summed E-state index contributed by atoms with van der Waals surface area (Å²) in [6, 6.07) is 0. The van der Waals surface area contributed by atoms with Gasteiger partial charge in [0.15, 0.2) is 0 Å². The standard InChI is InChI=1S/C10H24B4N2/c1-8(2,3)7-5-6-15-16(7)10(13,14)9(4,11)12/h5,15H,6,11-14H2,1-4H3. The van der Waals surface area contributed by atoms with Gasteiger partial charge in [-0.2, -0.15) is 0 Å². The maximum atomic E-state index is 3.50. The highest BCUT2D eigenvalue weighted by Gasteiger charge is 2.42. The first-order valence-electron chi connectivity index (χ1n) is 6.22. The molecule has 0 radical (unpaired) electrons. The monoisotopic (exact) mass is 216 g/mol. The number of hydrazine groups is 1. The van der Waals surface area contributed by atoms with E-state index in [1.54, 1.807) is 0 Å². The fraction of sp³-hybridized carbons (Fsp3) is 0.800. The van der Waals surface area contributed by atoms with E-state index in [2.05, 4.69) is 75.6 Å². The fourth-order valence-electron chi connectivity index (χ4n) is 1.89. The second-order valence-electron chi connectivity index (χ2n) is 7.35. The van der Waals surface area contributed by atoms with E-state index in [1.165, 1.54) is 5.70 Å². The Morgan fingerprint density at radius 2 is 1.62 bits per heavy atom. The number of nitrogens with zero attached hydrogens (tertiary/aromatic N) is 1. The molecule has 1 rings (SSSR count). The lowest BCUT2D eigenvalue weighted by Crippen LogP contribution is -2.61. The summed E-state index contributed by atoms with van der Waals surface area (Å²) < 4.78 is 0. The third-order valence-corrected chi connectivity index (χ3v) is 3.95. The normalized spacial score (nSPS) is 18.8. The maximum Gasteiger partial charge on any atom is 0.124 e. The van der Waals surface area contributed by atoms with Gasteiger partial charge in [-0.3, -0.25) is 0 Å². The molecule has 0 fully saturated rings. The first-order valence-corrected chi connectivity index (χ1v) is 6.22. The third kappa shape index (κ3) is 2.37. The van der Waals surface area contributed by atoms with Crippen molar-refractivity contribution in [3.8, 4) is 0 Å². The molecular weight excluding hydrogens is 191 g/mol. The van der Waals surface area contributed by atoms with Crippen LogP contribution in [0.2, 0.25) is 5.21 Å². The zero-order valence-electron chi connectivity index (χ0n) is 12.2. The Labute approximate surface area is 104 Å². The van der Waals surface area contributed by atoms with Crippen LogP contribution < -0.4 is 5.43 Å². The van der Waals surface area contributed by atoms with Crippen LogP contribution in [0.1, 0.15) is 27.7 Å². The Balaban J connectivity index is 3.03. The van der Waals surface area contributed by atoms with Crippen molar-refractivity contribution in [1.82, 2.24) is 10.4 Å². The molecular formula is C10H24B4N2. The van der Waals surface area contributed by atoms with Gasteiger partial charge in [0.1, 0.15) is 15.7 Å². The van der Waals surface area contributed by atoms with Crippen molar-refractivity contribution >= 4 is 31.4 Å². The van der Waals surface area contributed by atoms with E-state index in [-0.39, 0.29) is 16.0 Å². The molecule has 1 aliphatic rings. The molecule has 2 nitrogen and oxygen atoms in total. The van der Waals surface area contributed by atoms with Gasteiger partial charge >= 0.3 is 0 Å². The van der Waals surface area contributed by atoms with Gasteiger partial charge in [-0.15, -0.1) is 0 Å². The van der Waals surface area contributed by atoms with Crippen molar-refractivity contribution < 1.29 is 0 Å². The largest absolute Gasteiger partial charge is 0.323 e. The van der Waals surface area contributed by atoms with Crippen LogP contribution in [0.25, 0.3) is 0 Å². The predicted molar refractivity (Wildman–Crippen MR) is 82.7 cm³/mol. The van der Waals surface area contributed by atoms with Gasteiger partial charge in [0.05, 0.1) is 15.7 Å². The smallest absolute Gasteiger partial charge is 0.124 e. The SMILES string of the molecule is BC(B)(C)C(B)(B)N1NCC=C1C(C)(C)C. The summed E-state index contributed by atoms with van der Waals surface area (Å²) in [7, 11) is 9.22. The van der Waals surface area contributed by atoms with Gasteiger partial charge < -0.3 is 5.01 Å². The van der Waals surface area contributed by atoms with Gasteiger partial charge in [-0.05, 0) is 11.4 Å². The number of hydrogen-bond donors (Lipinski definition) is 1. The van der Waals surface area contributed by atoms with E-state index in [0.717, 1.165) is 6.54 Å². The fourth-order valence-corrected chi connectivity index (χ4v) is 1.89. The van der Waals surface area contributed by atoms with Crippen molar-refractivity contribution in [1.29, 1.82) is 0 Å². The topological polar surface area (TPSA) is 15.3 Å². The molecule has 0 aromatic heterocycles. The zero-order chi connectivity index (χ0) is 12.8. The van der Waals surface area contributed by atoms with E-state index in [0.29, 0.717) is 0 Å². The molecule has 0 bridgehead atoms. The van der Waals surface area contributed by atoms with Gasteiger partial charge in [-0.25, -0.2) is 5.43 Å². The molecule has 0 aromatic rings. The average molecular weight is 216 g/mol. The molecule has 1 heterocycles. The van der Waals surface area contributed by atoms with Crippen LogP contribution in [-0.2, 0) is 0 Å². The molecule has 0 spiro atoms. The summed E-state index contributed by atoms with van der Waals surface area (Å²) in [6.07, 6.45) is 2.31. The molecule has 0 atom stereocenters.